The number of aliphatic hydroxyl groups excluding tert-OH is 1. The Bertz CT molecular complexity index is 879. The number of nitrogens with zero attached hydrogens (tertiary/aromatic N) is 3. The summed E-state index contributed by atoms with van der Waals surface area (Å²) in [6, 6.07) is 13.4. The van der Waals surface area contributed by atoms with Gasteiger partial charge in [0.25, 0.3) is 0 Å². The van der Waals surface area contributed by atoms with E-state index in [0.29, 0.717) is 25.1 Å². The topological polar surface area (TPSA) is 73.3 Å². The first-order valence-electron chi connectivity index (χ1n) is 9.04. The fourth-order valence-corrected chi connectivity index (χ4v) is 3.60. The Morgan fingerprint density at radius 1 is 1.11 bits per heavy atom. The first-order chi connectivity index (χ1) is 13.6. The highest BCUT2D eigenvalue weighted by atomic mass is 19.1. The number of anilines is 3. The SMILES string of the molecule is O=CC1O[C@@H](CO)CN1c1ccc(N2CCN(c3ccccc3)C2=O)c(F)c1. The fraction of sp³-hybridized carbons (Fsp3) is 0.300. The number of aldehydes is 1. The average molecular weight is 385 g/mol. The Kier molecular flexibility index (Phi) is 4.97. The molecule has 0 radical (unpaired) electrons. The number of aliphatic hydroxyl groups is 1. The van der Waals surface area contributed by atoms with Crippen LogP contribution in [0.2, 0.25) is 0 Å². The van der Waals surface area contributed by atoms with Crippen molar-refractivity contribution in [1.82, 2.24) is 0 Å². The van der Waals surface area contributed by atoms with Gasteiger partial charge in [-0.1, -0.05) is 18.2 Å². The summed E-state index contributed by atoms with van der Waals surface area (Å²) in [5.74, 6) is -0.558. The summed E-state index contributed by atoms with van der Waals surface area (Å²) in [4.78, 5) is 28.6. The second kappa shape index (κ2) is 7.57. The lowest BCUT2D eigenvalue weighted by atomic mass is 10.2. The normalized spacial score (nSPS) is 22.2. The van der Waals surface area contributed by atoms with E-state index in [1.807, 2.05) is 30.3 Å². The minimum absolute atomic E-state index is 0.189. The second-order valence-corrected chi connectivity index (χ2v) is 6.68. The lowest BCUT2D eigenvalue weighted by molar-refractivity contribution is -0.117. The van der Waals surface area contributed by atoms with Crippen LogP contribution in [0.3, 0.4) is 0 Å². The number of hydrogen-bond acceptors (Lipinski definition) is 5. The summed E-state index contributed by atoms with van der Waals surface area (Å²) in [6.45, 7) is 0.901. The average Bonchev–Trinajstić information content (AvgIpc) is 3.32. The number of rotatable bonds is 5. The molecular formula is C20H20FN3O4. The van der Waals surface area contributed by atoms with E-state index in [-0.39, 0.29) is 24.9 Å². The highest BCUT2D eigenvalue weighted by Crippen LogP contribution is 2.31. The highest BCUT2D eigenvalue weighted by molar-refractivity contribution is 6.06. The molecule has 2 aromatic rings. The summed E-state index contributed by atoms with van der Waals surface area (Å²) < 4.78 is 20.2. The largest absolute Gasteiger partial charge is 0.394 e. The molecule has 4 rings (SSSR count). The van der Waals surface area contributed by atoms with Gasteiger partial charge in [-0.05, 0) is 30.3 Å². The monoisotopic (exact) mass is 385 g/mol. The van der Waals surface area contributed by atoms with Crippen molar-refractivity contribution in [3.8, 4) is 0 Å². The first kappa shape index (κ1) is 18.4. The van der Waals surface area contributed by atoms with Crippen molar-refractivity contribution < 1.29 is 23.8 Å². The Hall–Kier alpha value is -2.97. The molecule has 0 spiro atoms. The smallest absolute Gasteiger partial charge is 0.329 e. The van der Waals surface area contributed by atoms with Crippen LogP contribution >= 0.6 is 0 Å². The summed E-state index contributed by atoms with van der Waals surface area (Å²) >= 11 is 0. The molecule has 146 valence electrons. The summed E-state index contributed by atoms with van der Waals surface area (Å²) in [7, 11) is 0. The van der Waals surface area contributed by atoms with E-state index in [4.69, 9.17) is 4.74 Å². The predicted octanol–water partition coefficient (Wildman–Crippen LogP) is 1.99. The van der Waals surface area contributed by atoms with Crippen molar-refractivity contribution >= 4 is 29.4 Å². The molecule has 2 saturated heterocycles. The van der Waals surface area contributed by atoms with Gasteiger partial charge in [0, 0.05) is 31.0 Å². The Morgan fingerprint density at radius 3 is 2.54 bits per heavy atom. The fourth-order valence-electron chi connectivity index (χ4n) is 3.60. The lowest BCUT2D eigenvalue weighted by Gasteiger charge is -2.23. The van der Waals surface area contributed by atoms with Crippen molar-refractivity contribution in [2.75, 3.05) is 40.9 Å². The van der Waals surface area contributed by atoms with Crippen LogP contribution in [0, 0.1) is 5.82 Å². The number of carbonyl (C=O) groups is 2. The number of hydrogen-bond donors (Lipinski definition) is 1. The third-order valence-electron chi connectivity index (χ3n) is 4.99. The molecule has 8 heteroatoms. The van der Waals surface area contributed by atoms with Crippen molar-refractivity contribution in [1.29, 1.82) is 0 Å². The molecule has 1 unspecified atom stereocenters. The molecule has 2 atom stereocenters. The van der Waals surface area contributed by atoms with Crippen molar-refractivity contribution in [2.45, 2.75) is 12.3 Å². The van der Waals surface area contributed by atoms with Crippen molar-refractivity contribution in [2.24, 2.45) is 0 Å². The van der Waals surface area contributed by atoms with Crippen LogP contribution in [0.5, 0.6) is 0 Å². The van der Waals surface area contributed by atoms with Crippen molar-refractivity contribution in [3.63, 3.8) is 0 Å². The van der Waals surface area contributed by atoms with Crippen LogP contribution in [0.15, 0.2) is 48.5 Å². The van der Waals surface area contributed by atoms with Gasteiger partial charge in [0.1, 0.15) is 11.9 Å². The lowest BCUT2D eigenvalue weighted by Crippen LogP contribution is -2.33. The van der Waals surface area contributed by atoms with E-state index < -0.39 is 18.1 Å². The molecule has 0 bridgehead atoms. The van der Waals surface area contributed by atoms with Gasteiger partial charge in [0.15, 0.2) is 12.5 Å². The van der Waals surface area contributed by atoms with Crippen LogP contribution in [0.1, 0.15) is 0 Å². The second-order valence-electron chi connectivity index (χ2n) is 6.68. The zero-order valence-corrected chi connectivity index (χ0v) is 15.1. The van der Waals surface area contributed by atoms with Crippen LogP contribution < -0.4 is 14.7 Å². The first-order valence-corrected chi connectivity index (χ1v) is 9.04. The third-order valence-corrected chi connectivity index (χ3v) is 4.99. The van der Waals surface area contributed by atoms with Gasteiger partial charge in [-0.2, -0.15) is 0 Å². The van der Waals surface area contributed by atoms with Crippen LogP contribution in [0.4, 0.5) is 26.2 Å². The molecule has 1 N–H and O–H groups in total. The Morgan fingerprint density at radius 2 is 1.86 bits per heavy atom. The van der Waals surface area contributed by atoms with E-state index in [1.165, 1.54) is 17.0 Å². The highest BCUT2D eigenvalue weighted by Gasteiger charge is 2.35. The summed E-state index contributed by atoms with van der Waals surface area (Å²) in [5, 5.41) is 9.24. The minimum atomic E-state index is -0.871. The molecule has 0 aromatic heterocycles. The number of urea groups is 1. The number of ether oxygens (including phenoxy) is 1. The Balaban J connectivity index is 1.56. The molecule has 7 nitrogen and oxygen atoms in total. The zero-order valence-electron chi connectivity index (χ0n) is 15.1. The predicted molar refractivity (Wildman–Crippen MR) is 102 cm³/mol. The molecule has 28 heavy (non-hydrogen) atoms. The Labute approximate surface area is 161 Å². The summed E-state index contributed by atoms with van der Waals surface area (Å²) in [5.41, 5.74) is 1.42. The van der Waals surface area contributed by atoms with E-state index in [0.717, 1.165) is 5.69 Å². The van der Waals surface area contributed by atoms with Gasteiger partial charge >= 0.3 is 6.03 Å². The van der Waals surface area contributed by atoms with E-state index in [2.05, 4.69) is 0 Å². The maximum atomic E-state index is 14.9. The van der Waals surface area contributed by atoms with Gasteiger partial charge in [-0.15, -0.1) is 0 Å². The maximum absolute atomic E-state index is 14.9. The number of carbonyl (C=O) groups excluding carboxylic acids is 2. The zero-order chi connectivity index (χ0) is 19.7. The quantitative estimate of drug-likeness (QED) is 0.797. The summed E-state index contributed by atoms with van der Waals surface area (Å²) in [6.07, 6.45) is -0.759. The molecule has 0 saturated carbocycles. The maximum Gasteiger partial charge on any atom is 0.329 e. The van der Waals surface area contributed by atoms with Gasteiger partial charge in [0.05, 0.1) is 12.3 Å². The molecule has 2 fully saturated rings. The van der Waals surface area contributed by atoms with Crippen LogP contribution in [-0.4, -0.2) is 56.0 Å². The molecule has 2 aliphatic heterocycles. The molecule has 2 aliphatic rings. The van der Waals surface area contributed by atoms with Crippen LogP contribution in [-0.2, 0) is 9.53 Å². The molecule has 2 amide bonds. The van der Waals surface area contributed by atoms with Gasteiger partial charge in [0.2, 0.25) is 0 Å². The molecule has 2 aromatic carbocycles. The number of para-hydroxylation sites is 1. The third kappa shape index (κ3) is 3.21. The van der Waals surface area contributed by atoms with E-state index >= 15 is 0 Å². The number of benzene rings is 2. The number of amides is 2. The minimum Gasteiger partial charge on any atom is -0.394 e. The van der Waals surface area contributed by atoms with E-state index in [9.17, 15) is 19.1 Å². The molecule has 0 aliphatic carbocycles. The van der Waals surface area contributed by atoms with Crippen molar-refractivity contribution in [3.05, 3.63) is 54.3 Å². The standard InChI is InChI=1S/C20H20FN3O4/c21-17-10-15(24-11-16(12-25)28-19(24)13-26)6-7-18(17)23-9-8-22(20(23)27)14-4-2-1-3-5-14/h1-7,10,13,16,19,25H,8-9,11-12H2/t16-,19?/m1/s1. The van der Waals surface area contributed by atoms with E-state index in [1.54, 1.807) is 15.9 Å². The van der Waals surface area contributed by atoms with Gasteiger partial charge in [-0.3, -0.25) is 14.6 Å². The molecular weight excluding hydrogens is 365 g/mol. The molecule has 2 heterocycles. The van der Waals surface area contributed by atoms with Gasteiger partial charge in [-0.25, -0.2) is 9.18 Å². The van der Waals surface area contributed by atoms with Gasteiger partial charge < -0.3 is 14.7 Å². The van der Waals surface area contributed by atoms with Crippen LogP contribution in [0.25, 0.3) is 0 Å². The number of halogens is 1.